The minimum absolute atomic E-state index is 0.0757. The van der Waals surface area contributed by atoms with Crippen molar-refractivity contribution in [3.63, 3.8) is 0 Å². The van der Waals surface area contributed by atoms with Crippen LogP contribution in [-0.4, -0.2) is 41.0 Å². The standard InChI is InChI=1S/C27H27N3O3S3/c28-24(31)9-4-16-30-26(33)23(18-25(32)29-15-14-20-8-5-17-34-20)36-27(30)22-13-12-21(35-22)11-10-19-6-2-1-3-7-19/h1-3,5-8,12-13,17,23,27H,4,9,14-16,18H2,(H2,28,31)(H,29,32). The molecule has 3 amide bonds. The number of rotatable bonds is 10. The lowest BCUT2D eigenvalue weighted by Gasteiger charge is -2.22. The summed E-state index contributed by atoms with van der Waals surface area (Å²) in [7, 11) is 0. The Hall–Kier alpha value is -3.06. The molecule has 1 saturated heterocycles. The molecule has 6 nitrogen and oxygen atoms in total. The first kappa shape index (κ1) is 26.0. The van der Waals surface area contributed by atoms with Crippen molar-refractivity contribution in [2.24, 2.45) is 5.73 Å². The number of nitrogens with zero attached hydrogens (tertiary/aromatic N) is 1. The van der Waals surface area contributed by atoms with E-state index in [0.29, 0.717) is 19.5 Å². The van der Waals surface area contributed by atoms with Gasteiger partial charge in [0.2, 0.25) is 17.7 Å². The summed E-state index contributed by atoms with van der Waals surface area (Å²) in [4.78, 5) is 42.0. The molecule has 36 heavy (non-hydrogen) atoms. The second-order valence-electron chi connectivity index (χ2n) is 8.28. The number of carbonyl (C=O) groups excluding carboxylic acids is 3. The zero-order chi connectivity index (χ0) is 25.3. The molecule has 2 atom stereocenters. The molecule has 2 aromatic heterocycles. The number of amides is 3. The van der Waals surface area contributed by atoms with Gasteiger partial charge in [0.05, 0.1) is 10.1 Å². The van der Waals surface area contributed by atoms with Gasteiger partial charge in [-0.15, -0.1) is 34.4 Å². The molecule has 0 saturated carbocycles. The molecule has 1 fully saturated rings. The fraction of sp³-hybridized carbons (Fsp3) is 0.296. The van der Waals surface area contributed by atoms with Gasteiger partial charge in [0.1, 0.15) is 5.37 Å². The first-order chi connectivity index (χ1) is 17.5. The van der Waals surface area contributed by atoms with Crippen molar-refractivity contribution in [1.82, 2.24) is 10.2 Å². The van der Waals surface area contributed by atoms with E-state index in [-0.39, 0.29) is 35.9 Å². The molecule has 2 unspecified atom stereocenters. The van der Waals surface area contributed by atoms with Gasteiger partial charge in [0.25, 0.3) is 0 Å². The molecule has 3 N–H and O–H groups in total. The highest BCUT2D eigenvalue weighted by molar-refractivity contribution is 8.01. The van der Waals surface area contributed by atoms with Crippen molar-refractivity contribution >= 4 is 52.2 Å². The van der Waals surface area contributed by atoms with E-state index in [4.69, 9.17) is 5.73 Å². The van der Waals surface area contributed by atoms with Crippen LogP contribution in [0.4, 0.5) is 0 Å². The largest absolute Gasteiger partial charge is 0.370 e. The first-order valence-electron chi connectivity index (χ1n) is 11.7. The van der Waals surface area contributed by atoms with E-state index < -0.39 is 5.25 Å². The highest BCUT2D eigenvalue weighted by atomic mass is 32.2. The van der Waals surface area contributed by atoms with Crippen LogP contribution in [0.3, 0.4) is 0 Å². The number of nitrogens with one attached hydrogen (secondary N) is 1. The number of carbonyl (C=O) groups is 3. The van der Waals surface area contributed by atoms with E-state index in [1.807, 2.05) is 60.0 Å². The predicted octanol–water partition coefficient (Wildman–Crippen LogP) is 4.17. The maximum atomic E-state index is 13.3. The number of hydrogen-bond acceptors (Lipinski definition) is 6. The van der Waals surface area contributed by atoms with Crippen LogP contribution in [0.15, 0.2) is 60.0 Å². The van der Waals surface area contributed by atoms with Crippen molar-refractivity contribution in [3.8, 4) is 11.8 Å². The number of nitrogens with two attached hydrogens (primary N) is 1. The van der Waals surface area contributed by atoms with Crippen LogP contribution in [0.1, 0.15) is 44.8 Å². The molecule has 0 aliphatic carbocycles. The van der Waals surface area contributed by atoms with Crippen LogP contribution >= 0.6 is 34.4 Å². The third-order valence-corrected chi connectivity index (χ3v) is 9.18. The lowest BCUT2D eigenvalue weighted by molar-refractivity contribution is -0.132. The molecule has 0 bridgehead atoms. The highest BCUT2D eigenvalue weighted by Gasteiger charge is 2.42. The van der Waals surface area contributed by atoms with Gasteiger partial charge in [0.15, 0.2) is 0 Å². The van der Waals surface area contributed by atoms with E-state index >= 15 is 0 Å². The second-order valence-corrected chi connectivity index (χ2v) is 11.7. The van der Waals surface area contributed by atoms with Crippen molar-refractivity contribution in [2.75, 3.05) is 13.1 Å². The van der Waals surface area contributed by atoms with E-state index in [2.05, 4.69) is 17.2 Å². The number of benzene rings is 1. The van der Waals surface area contributed by atoms with Crippen molar-refractivity contribution in [1.29, 1.82) is 0 Å². The minimum atomic E-state index is -0.466. The Morgan fingerprint density at radius 3 is 2.64 bits per heavy atom. The number of thioether (sulfide) groups is 1. The van der Waals surface area contributed by atoms with Crippen LogP contribution < -0.4 is 11.1 Å². The zero-order valence-electron chi connectivity index (χ0n) is 19.6. The smallest absolute Gasteiger partial charge is 0.237 e. The van der Waals surface area contributed by atoms with Crippen LogP contribution in [0.5, 0.6) is 0 Å². The molecule has 0 spiro atoms. The van der Waals surface area contributed by atoms with Gasteiger partial charge in [-0.25, -0.2) is 0 Å². The molecule has 3 aromatic rings. The van der Waals surface area contributed by atoms with Gasteiger partial charge in [-0.1, -0.05) is 36.1 Å². The molecule has 1 aromatic carbocycles. The SMILES string of the molecule is NC(=O)CCCN1C(=O)C(CC(=O)NCCc2cccs2)SC1c1ccc(C#Cc2ccccc2)s1. The van der Waals surface area contributed by atoms with Gasteiger partial charge in [-0.2, -0.15) is 0 Å². The average molecular weight is 538 g/mol. The van der Waals surface area contributed by atoms with Gasteiger partial charge in [0, 0.05) is 41.2 Å². The Labute approximate surface area is 223 Å². The third-order valence-electron chi connectivity index (χ3n) is 5.58. The molecule has 1 aliphatic heterocycles. The molecule has 0 radical (unpaired) electrons. The van der Waals surface area contributed by atoms with Crippen LogP contribution in [0.25, 0.3) is 0 Å². The van der Waals surface area contributed by atoms with E-state index in [1.165, 1.54) is 16.6 Å². The molecule has 186 valence electrons. The second kappa shape index (κ2) is 12.8. The Bertz CT molecular complexity index is 1250. The number of primary amides is 1. The monoisotopic (exact) mass is 537 g/mol. The summed E-state index contributed by atoms with van der Waals surface area (Å²) < 4.78 is 0. The molecule has 4 rings (SSSR count). The zero-order valence-corrected chi connectivity index (χ0v) is 22.1. The van der Waals surface area contributed by atoms with E-state index in [9.17, 15) is 14.4 Å². The van der Waals surface area contributed by atoms with E-state index in [1.54, 1.807) is 27.6 Å². The molecular weight excluding hydrogens is 511 g/mol. The molecule has 3 heterocycles. The van der Waals surface area contributed by atoms with Gasteiger partial charge >= 0.3 is 0 Å². The summed E-state index contributed by atoms with van der Waals surface area (Å²) >= 11 is 4.70. The van der Waals surface area contributed by atoms with Crippen LogP contribution in [-0.2, 0) is 20.8 Å². The minimum Gasteiger partial charge on any atom is -0.370 e. The van der Waals surface area contributed by atoms with Gasteiger partial charge in [-0.05, 0) is 48.6 Å². The third kappa shape index (κ3) is 7.23. The number of thiophene rings is 2. The highest BCUT2D eigenvalue weighted by Crippen LogP contribution is 2.46. The summed E-state index contributed by atoms with van der Waals surface area (Å²) in [5, 5.41) is 4.27. The summed E-state index contributed by atoms with van der Waals surface area (Å²) in [5.74, 6) is 5.77. The maximum absolute atomic E-state index is 13.3. The molecular formula is C27H27N3O3S3. The summed E-state index contributed by atoms with van der Waals surface area (Å²) in [5.41, 5.74) is 6.24. The Morgan fingerprint density at radius 2 is 1.89 bits per heavy atom. The summed E-state index contributed by atoms with van der Waals surface area (Å²) in [6.07, 6.45) is 1.61. The lowest BCUT2D eigenvalue weighted by atomic mass is 10.2. The summed E-state index contributed by atoms with van der Waals surface area (Å²) in [6.45, 7) is 0.962. The summed E-state index contributed by atoms with van der Waals surface area (Å²) in [6, 6.07) is 17.8. The fourth-order valence-electron chi connectivity index (χ4n) is 3.82. The molecule has 9 heteroatoms. The first-order valence-corrected chi connectivity index (χ1v) is 14.3. The Kier molecular flexibility index (Phi) is 9.23. The fourth-order valence-corrected chi connectivity index (χ4v) is 7.08. The average Bonchev–Trinajstić information content (AvgIpc) is 3.61. The molecule has 1 aliphatic rings. The Morgan fingerprint density at radius 1 is 1.06 bits per heavy atom. The van der Waals surface area contributed by atoms with Crippen molar-refractivity contribution in [2.45, 2.75) is 36.3 Å². The normalized spacial score (nSPS) is 17.0. The lowest BCUT2D eigenvalue weighted by Crippen LogP contribution is -2.35. The topological polar surface area (TPSA) is 92.5 Å². The van der Waals surface area contributed by atoms with Crippen LogP contribution in [0.2, 0.25) is 0 Å². The van der Waals surface area contributed by atoms with Crippen molar-refractivity contribution < 1.29 is 14.4 Å². The van der Waals surface area contributed by atoms with Gasteiger partial charge < -0.3 is 16.0 Å². The maximum Gasteiger partial charge on any atom is 0.237 e. The Balaban J connectivity index is 1.41. The van der Waals surface area contributed by atoms with Crippen molar-refractivity contribution in [3.05, 3.63) is 80.2 Å². The van der Waals surface area contributed by atoms with Crippen LogP contribution in [0, 0.1) is 11.8 Å². The quantitative estimate of drug-likeness (QED) is 0.380. The predicted molar refractivity (Wildman–Crippen MR) is 147 cm³/mol. The number of hydrogen-bond donors (Lipinski definition) is 2. The van der Waals surface area contributed by atoms with Gasteiger partial charge in [-0.3, -0.25) is 14.4 Å². The van der Waals surface area contributed by atoms with E-state index in [0.717, 1.165) is 21.7 Å².